The monoisotopic (exact) mass is 379 g/mol. The molecule has 0 aliphatic rings. The third-order valence-electron chi connectivity index (χ3n) is 3.96. The van der Waals surface area contributed by atoms with Crippen molar-refractivity contribution in [2.45, 2.75) is 6.54 Å². The van der Waals surface area contributed by atoms with E-state index in [-0.39, 0.29) is 18.3 Å². The zero-order chi connectivity index (χ0) is 19.9. The van der Waals surface area contributed by atoms with Crippen LogP contribution in [0.4, 0.5) is 15.8 Å². The van der Waals surface area contributed by atoms with Crippen LogP contribution >= 0.6 is 0 Å². The van der Waals surface area contributed by atoms with Crippen molar-refractivity contribution in [3.63, 3.8) is 0 Å². The van der Waals surface area contributed by atoms with E-state index < -0.39 is 5.97 Å². The van der Waals surface area contributed by atoms with Crippen LogP contribution in [0.5, 0.6) is 0 Å². The highest BCUT2D eigenvalue weighted by molar-refractivity contribution is 5.95. The first-order valence-corrected chi connectivity index (χ1v) is 8.48. The number of hydrogen-bond donors (Lipinski definition) is 2. The van der Waals surface area contributed by atoms with E-state index >= 15 is 0 Å². The molecule has 3 rings (SSSR count). The molecule has 3 aromatic rings. The molecule has 0 aliphatic heterocycles. The summed E-state index contributed by atoms with van der Waals surface area (Å²) in [5.74, 6) is -1.02. The van der Waals surface area contributed by atoms with Crippen LogP contribution in [0.2, 0.25) is 0 Å². The van der Waals surface area contributed by atoms with E-state index in [9.17, 15) is 14.0 Å². The first-order chi connectivity index (χ1) is 13.5. The van der Waals surface area contributed by atoms with Crippen molar-refractivity contribution in [3.8, 4) is 0 Å². The number of rotatable bonds is 6. The van der Waals surface area contributed by atoms with Crippen LogP contribution in [0.25, 0.3) is 0 Å². The van der Waals surface area contributed by atoms with E-state index in [1.807, 2.05) is 0 Å². The highest BCUT2D eigenvalue weighted by Gasteiger charge is 2.08. The Morgan fingerprint density at radius 3 is 2.36 bits per heavy atom. The summed E-state index contributed by atoms with van der Waals surface area (Å²) in [6, 6.07) is 14.3. The van der Waals surface area contributed by atoms with Gasteiger partial charge in [0.05, 0.1) is 30.1 Å². The summed E-state index contributed by atoms with van der Waals surface area (Å²) in [6.07, 6.45) is 3.05. The minimum absolute atomic E-state index is 0.283. The van der Waals surface area contributed by atoms with Gasteiger partial charge in [0.25, 0.3) is 5.91 Å². The number of hydrogen-bond acceptors (Lipinski definition) is 5. The van der Waals surface area contributed by atoms with Crippen molar-refractivity contribution < 1.29 is 18.7 Å². The van der Waals surface area contributed by atoms with Crippen LogP contribution in [0.3, 0.4) is 0 Å². The average Bonchev–Trinajstić information content (AvgIpc) is 2.73. The second-order valence-electron chi connectivity index (χ2n) is 5.97. The van der Waals surface area contributed by atoms with Crippen molar-refractivity contribution >= 4 is 23.3 Å². The van der Waals surface area contributed by atoms with Crippen LogP contribution in [0, 0.1) is 5.82 Å². The van der Waals surface area contributed by atoms with Gasteiger partial charge in [-0.2, -0.15) is 0 Å². The second kappa shape index (κ2) is 8.77. The second-order valence-corrected chi connectivity index (χ2v) is 5.97. The quantitative estimate of drug-likeness (QED) is 0.639. The van der Waals surface area contributed by atoms with Gasteiger partial charge in [0.15, 0.2) is 0 Å². The van der Waals surface area contributed by atoms with Crippen molar-refractivity contribution in [2.75, 3.05) is 12.4 Å². The van der Waals surface area contributed by atoms with Gasteiger partial charge in [-0.25, -0.2) is 9.18 Å². The lowest BCUT2D eigenvalue weighted by Crippen LogP contribution is -2.23. The van der Waals surface area contributed by atoms with Gasteiger partial charge in [-0.3, -0.25) is 9.78 Å². The number of carbonyl (C=O) groups is 2. The maximum atomic E-state index is 12.9. The standard InChI is InChI=1S/C21H18FN3O3/c1-28-21(27)15-4-8-18(9-5-15)25-19-10-16(12-23-13-19)20(26)24-11-14-2-6-17(22)7-3-14/h2-10,12-13,25H,11H2,1H3,(H,24,26). The molecule has 1 amide bonds. The van der Waals surface area contributed by atoms with Gasteiger partial charge in [0, 0.05) is 18.4 Å². The molecule has 7 heteroatoms. The number of esters is 1. The minimum Gasteiger partial charge on any atom is -0.465 e. The molecule has 2 N–H and O–H groups in total. The molecular formula is C21H18FN3O3. The minimum atomic E-state index is -0.409. The van der Waals surface area contributed by atoms with Crippen molar-refractivity contribution in [1.82, 2.24) is 10.3 Å². The number of ether oxygens (including phenoxy) is 1. The SMILES string of the molecule is COC(=O)c1ccc(Nc2cncc(C(=O)NCc3ccc(F)cc3)c2)cc1. The van der Waals surface area contributed by atoms with Gasteiger partial charge in [-0.15, -0.1) is 0 Å². The number of anilines is 2. The van der Waals surface area contributed by atoms with Crippen LogP contribution < -0.4 is 10.6 Å². The van der Waals surface area contributed by atoms with E-state index in [0.29, 0.717) is 16.8 Å². The Hall–Kier alpha value is -3.74. The third-order valence-corrected chi connectivity index (χ3v) is 3.96. The fourth-order valence-electron chi connectivity index (χ4n) is 2.49. The molecule has 142 valence electrons. The highest BCUT2D eigenvalue weighted by Crippen LogP contribution is 2.18. The number of nitrogens with one attached hydrogen (secondary N) is 2. The number of benzene rings is 2. The molecule has 0 radical (unpaired) electrons. The van der Waals surface area contributed by atoms with E-state index in [2.05, 4.69) is 20.4 Å². The molecule has 0 atom stereocenters. The average molecular weight is 379 g/mol. The van der Waals surface area contributed by atoms with E-state index in [4.69, 9.17) is 0 Å². The Morgan fingerprint density at radius 2 is 1.68 bits per heavy atom. The topological polar surface area (TPSA) is 80.3 Å². The molecule has 0 saturated carbocycles. The molecule has 2 aromatic carbocycles. The molecule has 0 spiro atoms. The molecular weight excluding hydrogens is 361 g/mol. The fraction of sp³-hybridized carbons (Fsp3) is 0.0952. The van der Waals surface area contributed by atoms with Gasteiger partial charge < -0.3 is 15.4 Å². The maximum Gasteiger partial charge on any atom is 0.337 e. The maximum absolute atomic E-state index is 12.9. The number of aromatic nitrogens is 1. The lowest BCUT2D eigenvalue weighted by molar-refractivity contribution is 0.0600. The van der Waals surface area contributed by atoms with Gasteiger partial charge in [0.2, 0.25) is 0 Å². The first-order valence-electron chi connectivity index (χ1n) is 8.48. The largest absolute Gasteiger partial charge is 0.465 e. The van der Waals surface area contributed by atoms with Crippen molar-refractivity contribution in [2.24, 2.45) is 0 Å². The van der Waals surface area contributed by atoms with Crippen LogP contribution in [0.1, 0.15) is 26.3 Å². The number of methoxy groups -OCH3 is 1. The van der Waals surface area contributed by atoms with Gasteiger partial charge in [-0.05, 0) is 48.0 Å². The number of halogens is 1. The van der Waals surface area contributed by atoms with Gasteiger partial charge >= 0.3 is 5.97 Å². The Morgan fingerprint density at radius 1 is 0.964 bits per heavy atom. The molecule has 0 unspecified atom stereocenters. The number of pyridine rings is 1. The summed E-state index contributed by atoms with van der Waals surface area (Å²) < 4.78 is 17.6. The Bertz CT molecular complexity index is 973. The van der Waals surface area contributed by atoms with Gasteiger partial charge in [-0.1, -0.05) is 12.1 Å². The molecule has 0 fully saturated rings. The Balaban J connectivity index is 1.63. The van der Waals surface area contributed by atoms with Gasteiger partial charge in [0.1, 0.15) is 5.82 Å². The predicted octanol–water partition coefficient (Wildman–Crippen LogP) is 3.68. The molecule has 28 heavy (non-hydrogen) atoms. The lowest BCUT2D eigenvalue weighted by atomic mass is 10.2. The van der Waals surface area contributed by atoms with Crippen LogP contribution in [-0.2, 0) is 11.3 Å². The van der Waals surface area contributed by atoms with Crippen LogP contribution in [-0.4, -0.2) is 24.0 Å². The zero-order valence-corrected chi connectivity index (χ0v) is 15.1. The van der Waals surface area contributed by atoms with E-state index in [1.54, 1.807) is 48.7 Å². The predicted molar refractivity (Wildman–Crippen MR) is 103 cm³/mol. The molecule has 6 nitrogen and oxygen atoms in total. The Kier molecular flexibility index (Phi) is 5.96. The summed E-state index contributed by atoms with van der Waals surface area (Å²) in [7, 11) is 1.33. The first kappa shape index (κ1) is 19.0. The number of nitrogens with zero attached hydrogens (tertiary/aromatic N) is 1. The van der Waals surface area contributed by atoms with E-state index in [0.717, 1.165) is 11.3 Å². The van der Waals surface area contributed by atoms with Crippen molar-refractivity contribution in [1.29, 1.82) is 0 Å². The Labute approximate surface area is 161 Å². The molecule has 1 heterocycles. The van der Waals surface area contributed by atoms with E-state index in [1.165, 1.54) is 25.4 Å². The summed E-state index contributed by atoms with van der Waals surface area (Å²) in [5.41, 5.74) is 2.99. The third kappa shape index (κ3) is 4.91. The number of amides is 1. The fourth-order valence-corrected chi connectivity index (χ4v) is 2.49. The molecule has 0 aliphatic carbocycles. The highest BCUT2D eigenvalue weighted by atomic mass is 19.1. The normalized spacial score (nSPS) is 10.2. The summed E-state index contributed by atoms with van der Waals surface area (Å²) in [4.78, 5) is 27.9. The zero-order valence-electron chi connectivity index (χ0n) is 15.1. The summed E-state index contributed by atoms with van der Waals surface area (Å²) in [6.45, 7) is 0.283. The number of carbonyl (C=O) groups excluding carboxylic acids is 2. The summed E-state index contributed by atoms with van der Waals surface area (Å²) >= 11 is 0. The molecule has 0 saturated heterocycles. The van der Waals surface area contributed by atoms with Crippen molar-refractivity contribution in [3.05, 3.63) is 89.5 Å². The smallest absolute Gasteiger partial charge is 0.337 e. The molecule has 1 aromatic heterocycles. The summed E-state index contributed by atoms with van der Waals surface area (Å²) in [5, 5.41) is 5.90. The molecule has 0 bridgehead atoms. The van der Waals surface area contributed by atoms with Crippen LogP contribution in [0.15, 0.2) is 67.0 Å². The lowest BCUT2D eigenvalue weighted by Gasteiger charge is -2.09.